The highest BCUT2D eigenvalue weighted by molar-refractivity contribution is 6.09. The molecule has 1 spiro atoms. The van der Waals surface area contributed by atoms with Crippen LogP contribution in [0.25, 0.3) is 0 Å². The van der Waals surface area contributed by atoms with E-state index >= 15 is 0 Å². The van der Waals surface area contributed by atoms with Crippen molar-refractivity contribution in [3.8, 4) is 0 Å². The predicted octanol–water partition coefficient (Wildman–Crippen LogP) is 2.95. The van der Waals surface area contributed by atoms with Crippen molar-refractivity contribution < 1.29 is 0 Å². The normalized spacial score (nSPS) is 31.9. The molecule has 1 aliphatic heterocycles. The lowest BCUT2D eigenvalue weighted by atomic mass is 9.72. The maximum Gasteiger partial charge on any atom is 0.0758 e. The van der Waals surface area contributed by atoms with Crippen molar-refractivity contribution in [2.24, 2.45) is 10.4 Å². The highest BCUT2D eigenvalue weighted by Gasteiger charge is 2.38. The molecule has 0 radical (unpaired) electrons. The molecule has 2 aliphatic carbocycles. The number of allylic oxidation sites excluding steroid dienone is 10. The summed E-state index contributed by atoms with van der Waals surface area (Å²) in [5, 5.41) is 0. The molecule has 0 saturated heterocycles. The molecule has 0 aromatic carbocycles. The van der Waals surface area contributed by atoms with Crippen LogP contribution >= 0.6 is 0 Å². The molecule has 68 valence electrons. The third-order valence-corrected chi connectivity index (χ3v) is 2.91. The van der Waals surface area contributed by atoms with Crippen LogP contribution in [0.15, 0.2) is 64.9 Å². The van der Waals surface area contributed by atoms with Crippen molar-refractivity contribution in [3.63, 3.8) is 0 Å². The van der Waals surface area contributed by atoms with E-state index in [1.165, 1.54) is 5.57 Å². The summed E-state index contributed by atoms with van der Waals surface area (Å²) in [5.74, 6) is 0. The van der Waals surface area contributed by atoms with Crippen LogP contribution in [0, 0.1) is 5.41 Å². The van der Waals surface area contributed by atoms with Crippen molar-refractivity contribution in [2.75, 3.05) is 0 Å². The van der Waals surface area contributed by atoms with E-state index in [-0.39, 0.29) is 5.41 Å². The van der Waals surface area contributed by atoms with Gasteiger partial charge >= 0.3 is 0 Å². The molecule has 0 aromatic heterocycles. The first-order valence-electron chi connectivity index (χ1n) is 4.85. The highest BCUT2D eigenvalue weighted by atomic mass is 14.8. The molecule has 3 rings (SSSR count). The van der Waals surface area contributed by atoms with Crippen molar-refractivity contribution >= 4 is 5.71 Å². The Morgan fingerprint density at radius 1 is 1.14 bits per heavy atom. The Kier molecular flexibility index (Phi) is 1.35. The number of aliphatic imine (C=N–C) groups is 1. The number of rotatable bonds is 0. The van der Waals surface area contributed by atoms with Gasteiger partial charge in [0.15, 0.2) is 0 Å². The van der Waals surface area contributed by atoms with Crippen LogP contribution in [-0.2, 0) is 0 Å². The van der Waals surface area contributed by atoms with Gasteiger partial charge in [0.05, 0.1) is 11.1 Å². The zero-order valence-electron chi connectivity index (χ0n) is 8.07. The number of hydrogen-bond acceptors (Lipinski definition) is 1. The van der Waals surface area contributed by atoms with Gasteiger partial charge in [0, 0.05) is 5.70 Å². The highest BCUT2D eigenvalue weighted by Crippen LogP contribution is 2.43. The molecule has 1 atom stereocenters. The van der Waals surface area contributed by atoms with Gasteiger partial charge in [-0.2, -0.15) is 0 Å². The van der Waals surface area contributed by atoms with E-state index in [0.717, 1.165) is 11.4 Å². The van der Waals surface area contributed by atoms with Crippen LogP contribution in [0.2, 0.25) is 0 Å². The zero-order valence-corrected chi connectivity index (χ0v) is 8.07. The molecule has 1 unspecified atom stereocenters. The Labute approximate surface area is 83.5 Å². The summed E-state index contributed by atoms with van der Waals surface area (Å²) in [4.78, 5) is 4.55. The molecule has 1 heterocycles. The van der Waals surface area contributed by atoms with E-state index in [2.05, 4.69) is 60.5 Å². The van der Waals surface area contributed by atoms with Crippen LogP contribution in [0.5, 0.6) is 0 Å². The van der Waals surface area contributed by atoms with E-state index in [0.29, 0.717) is 0 Å². The minimum absolute atomic E-state index is 0.0480. The van der Waals surface area contributed by atoms with E-state index in [9.17, 15) is 0 Å². The summed E-state index contributed by atoms with van der Waals surface area (Å²) < 4.78 is 0. The average molecular weight is 181 g/mol. The summed E-state index contributed by atoms with van der Waals surface area (Å²) in [6, 6.07) is 0. The summed E-state index contributed by atoms with van der Waals surface area (Å²) >= 11 is 0. The molecule has 0 saturated carbocycles. The molecule has 1 heteroatoms. The van der Waals surface area contributed by atoms with Crippen molar-refractivity contribution in [1.82, 2.24) is 0 Å². The first kappa shape index (κ1) is 7.74. The van der Waals surface area contributed by atoms with Crippen molar-refractivity contribution in [2.45, 2.75) is 6.92 Å². The van der Waals surface area contributed by atoms with Crippen LogP contribution in [0.1, 0.15) is 6.92 Å². The predicted molar refractivity (Wildman–Crippen MR) is 59.1 cm³/mol. The third kappa shape index (κ3) is 0.818. The van der Waals surface area contributed by atoms with Crippen molar-refractivity contribution in [3.05, 3.63) is 59.9 Å². The lowest BCUT2D eigenvalue weighted by molar-refractivity contribution is 0.838. The Morgan fingerprint density at radius 3 is 3.00 bits per heavy atom. The molecule has 3 aliphatic rings. The Balaban J connectivity index is 2.27. The molecule has 0 aromatic rings. The Bertz CT molecular complexity index is 469. The molecule has 0 amide bonds. The summed E-state index contributed by atoms with van der Waals surface area (Å²) in [7, 11) is 0. The summed E-state index contributed by atoms with van der Waals surface area (Å²) in [6.45, 7) is 2.05. The van der Waals surface area contributed by atoms with Gasteiger partial charge in [-0.05, 0) is 24.6 Å². The van der Waals surface area contributed by atoms with E-state index in [1.807, 2.05) is 0 Å². The molecular formula is C13H11N. The second kappa shape index (κ2) is 2.44. The topological polar surface area (TPSA) is 12.4 Å². The minimum Gasteiger partial charge on any atom is -0.257 e. The van der Waals surface area contributed by atoms with E-state index < -0.39 is 0 Å². The number of nitrogens with zero attached hydrogens (tertiary/aromatic N) is 1. The van der Waals surface area contributed by atoms with Crippen LogP contribution in [0.3, 0.4) is 0 Å². The van der Waals surface area contributed by atoms with Gasteiger partial charge in [0.1, 0.15) is 0 Å². The molecule has 0 bridgehead atoms. The maximum absolute atomic E-state index is 4.55. The molecule has 1 nitrogen and oxygen atoms in total. The summed E-state index contributed by atoms with van der Waals surface area (Å²) in [5.41, 5.74) is 3.52. The van der Waals surface area contributed by atoms with E-state index in [1.54, 1.807) is 0 Å². The van der Waals surface area contributed by atoms with Gasteiger partial charge in [-0.1, -0.05) is 36.5 Å². The van der Waals surface area contributed by atoms with Crippen LogP contribution in [0.4, 0.5) is 0 Å². The SMILES string of the molecule is CC1=CC23C=CC=CC2=CC=CC3=N1. The maximum atomic E-state index is 4.55. The Morgan fingerprint density at radius 2 is 2.07 bits per heavy atom. The third-order valence-electron chi connectivity index (χ3n) is 2.91. The lowest BCUT2D eigenvalue weighted by Crippen LogP contribution is -2.27. The minimum atomic E-state index is -0.0480. The average Bonchev–Trinajstić information content (AvgIpc) is 2.51. The monoisotopic (exact) mass is 181 g/mol. The quantitative estimate of drug-likeness (QED) is 0.545. The first-order valence-corrected chi connectivity index (χ1v) is 4.85. The largest absolute Gasteiger partial charge is 0.257 e. The van der Waals surface area contributed by atoms with Gasteiger partial charge in [-0.25, -0.2) is 0 Å². The Hall–Kier alpha value is -1.63. The fourth-order valence-electron chi connectivity index (χ4n) is 2.30. The van der Waals surface area contributed by atoms with E-state index in [4.69, 9.17) is 0 Å². The smallest absolute Gasteiger partial charge is 0.0758 e. The number of hydrogen-bond donors (Lipinski definition) is 0. The van der Waals surface area contributed by atoms with Gasteiger partial charge in [0.2, 0.25) is 0 Å². The van der Waals surface area contributed by atoms with Gasteiger partial charge in [-0.3, -0.25) is 4.99 Å². The second-order valence-corrected chi connectivity index (χ2v) is 3.85. The van der Waals surface area contributed by atoms with Crippen LogP contribution < -0.4 is 0 Å². The van der Waals surface area contributed by atoms with Crippen molar-refractivity contribution in [1.29, 1.82) is 0 Å². The standard InChI is InChI=1S/C13H11N/c1-10-9-13-8-3-2-5-11(13)6-4-7-12(13)14-10/h2-9H,1H3. The second-order valence-electron chi connectivity index (χ2n) is 3.85. The fourth-order valence-corrected chi connectivity index (χ4v) is 2.30. The zero-order chi connectivity index (χ0) is 9.60. The molecule has 0 fully saturated rings. The first-order chi connectivity index (χ1) is 6.81. The van der Waals surface area contributed by atoms with Gasteiger partial charge < -0.3 is 0 Å². The lowest BCUT2D eigenvalue weighted by Gasteiger charge is -2.29. The summed E-state index contributed by atoms with van der Waals surface area (Å²) in [6.07, 6.45) is 17.1. The molecule has 14 heavy (non-hydrogen) atoms. The van der Waals surface area contributed by atoms with Crippen LogP contribution in [-0.4, -0.2) is 5.71 Å². The molecular weight excluding hydrogens is 170 g/mol. The van der Waals surface area contributed by atoms with Gasteiger partial charge in [0.25, 0.3) is 0 Å². The molecule has 0 N–H and O–H groups in total. The van der Waals surface area contributed by atoms with Gasteiger partial charge in [-0.15, -0.1) is 0 Å². The fraction of sp³-hybridized carbons (Fsp3) is 0.154.